The van der Waals surface area contributed by atoms with Gasteiger partial charge in [-0.3, -0.25) is 0 Å². The summed E-state index contributed by atoms with van der Waals surface area (Å²) in [5.41, 5.74) is 2.79. The van der Waals surface area contributed by atoms with E-state index in [0.717, 1.165) is 22.4 Å². The summed E-state index contributed by atoms with van der Waals surface area (Å²) < 4.78 is 27.8. The van der Waals surface area contributed by atoms with E-state index in [0.29, 0.717) is 11.4 Å². The van der Waals surface area contributed by atoms with Crippen molar-refractivity contribution in [1.29, 1.82) is 0 Å². The normalized spacial score (nSPS) is 13.4. The van der Waals surface area contributed by atoms with E-state index >= 15 is 0 Å². The maximum absolute atomic E-state index is 12.5. The van der Waals surface area contributed by atoms with Crippen LogP contribution in [0.4, 0.5) is 0 Å². The van der Waals surface area contributed by atoms with Crippen LogP contribution in [0.15, 0.2) is 17.0 Å². The maximum atomic E-state index is 12.5. The van der Waals surface area contributed by atoms with Crippen LogP contribution in [0.5, 0.6) is 0 Å². The second-order valence-electron chi connectivity index (χ2n) is 5.04. The lowest BCUT2D eigenvalue weighted by Gasteiger charge is -2.17. The molecule has 1 aromatic carbocycles. The number of benzene rings is 1. The molecule has 0 amide bonds. The molecule has 20 heavy (non-hydrogen) atoms. The van der Waals surface area contributed by atoms with Gasteiger partial charge in [-0.15, -0.1) is 0 Å². The van der Waals surface area contributed by atoms with Crippen LogP contribution in [0.1, 0.15) is 23.6 Å². The molecule has 6 heteroatoms. The van der Waals surface area contributed by atoms with E-state index in [2.05, 4.69) is 10.0 Å². The lowest BCUT2D eigenvalue weighted by atomic mass is 10.1. The fraction of sp³-hybridized carbons (Fsp3) is 0.571. The summed E-state index contributed by atoms with van der Waals surface area (Å²) >= 11 is 1.63. The van der Waals surface area contributed by atoms with Gasteiger partial charge in [0.1, 0.15) is 0 Å². The summed E-state index contributed by atoms with van der Waals surface area (Å²) in [5, 5.41) is 3.05. The summed E-state index contributed by atoms with van der Waals surface area (Å²) in [7, 11) is -1.62. The Balaban J connectivity index is 3.16. The number of hydrogen-bond donors (Lipinski definition) is 2. The predicted octanol–water partition coefficient (Wildman–Crippen LogP) is 2.05. The first-order chi connectivity index (χ1) is 9.31. The van der Waals surface area contributed by atoms with Crippen LogP contribution in [0, 0.1) is 13.8 Å². The third-order valence-electron chi connectivity index (χ3n) is 3.12. The molecule has 0 aliphatic heterocycles. The van der Waals surface area contributed by atoms with Crippen molar-refractivity contribution in [1.82, 2.24) is 10.0 Å². The van der Waals surface area contributed by atoms with E-state index in [-0.39, 0.29) is 6.04 Å². The Morgan fingerprint density at radius 1 is 1.30 bits per heavy atom. The highest BCUT2D eigenvalue weighted by Gasteiger charge is 2.21. The van der Waals surface area contributed by atoms with Crippen LogP contribution >= 0.6 is 11.8 Å². The standard InChI is InChI=1S/C14H24N2O2S2/c1-10-6-13(8-15-4)7-14(12(10)3)20(17,18)16-11(2)9-19-5/h6-7,11,15-16H,8-9H2,1-5H3. The zero-order valence-electron chi connectivity index (χ0n) is 12.8. The first-order valence-corrected chi connectivity index (χ1v) is 9.45. The topological polar surface area (TPSA) is 58.2 Å². The second kappa shape index (κ2) is 7.45. The molecule has 0 aliphatic rings. The Morgan fingerprint density at radius 2 is 1.95 bits per heavy atom. The van der Waals surface area contributed by atoms with E-state index in [9.17, 15) is 8.42 Å². The highest BCUT2D eigenvalue weighted by Crippen LogP contribution is 2.21. The van der Waals surface area contributed by atoms with E-state index in [1.54, 1.807) is 17.8 Å². The van der Waals surface area contributed by atoms with Gasteiger partial charge in [0.25, 0.3) is 0 Å². The van der Waals surface area contributed by atoms with Crippen molar-refractivity contribution < 1.29 is 8.42 Å². The number of nitrogens with one attached hydrogen (secondary N) is 2. The maximum Gasteiger partial charge on any atom is 0.241 e. The first-order valence-electron chi connectivity index (χ1n) is 6.57. The van der Waals surface area contributed by atoms with E-state index in [1.807, 2.05) is 40.1 Å². The van der Waals surface area contributed by atoms with Crippen molar-refractivity contribution in [2.45, 2.75) is 38.3 Å². The molecule has 114 valence electrons. The highest BCUT2D eigenvalue weighted by atomic mass is 32.2. The van der Waals surface area contributed by atoms with E-state index < -0.39 is 10.0 Å². The number of hydrogen-bond acceptors (Lipinski definition) is 4. The molecule has 0 aromatic heterocycles. The number of rotatable bonds is 7. The highest BCUT2D eigenvalue weighted by molar-refractivity contribution is 7.98. The van der Waals surface area contributed by atoms with Crippen LogP contribution in [-0.4, -0.2) is 33.5 Å². The molecule has 4 nitrogen and oxygen atoms in total. The summed E-state index contributed by atoms with van der Waals surface area (Å²) in [6.45, 7) is 6.34. The van der Waals surface area contributed by atoms with E-state index in [1.165, 1.54) is 0 Å². The molecule has 1 atom stereocenters. The zero-order valence-corrected chi connectivity index (χ0v) is 14.4. The van der Waals surface area contributed by atoms with Gasteiger partial charge < -0.3 is 5.32 Å². The van der Waals surface area contributed by atoms with Gasteiger partial charge >= 0.3 is 0 Å². The number of sulfonamides is 1. The smallest absolute Gasteiger partial charge is 0.241 e. The molecule has 0 bridgehead atoms. The molecular formula is C14H24N2O2S2. The third-order valence-corrected chi connectivity index (χ3v) is 5.67. The number of thioether (sulfide) groups is 1. The van der Waals surface area contributed by atoms with Gasteiger partial charge in [0.05, 0.1) is 4.90 Å². The zero-order chi connectivity index (χ0) is 15.3. The van der Waals surface area contributed by atoms with Crippen molar-refractivity contribution in [2.75, 3.05) is 19.1 Å². The Bertz CT molecular complexity index is 557. The van der Waals surface area contributed by atoms with Gasteiger partial charge in [0.15, 0.2) is 0 Å². The minimum absolute atomic E-state index is 0.0809. The van der Waals surface area contributed by atoms with Crippen molar-refractivity contribution in [3.63, 3.8) is 0 Å². The lowest BCUT2D eigenvalue weighted by molar-refractivity contribution is 0.570. The monoisotopic (exact) mass is 316 g/mol. The van der Waals surface area contributed by atoms with Gasteiger partial charge in [-0.1, -0.05) is 6.07 Å². The van der Waals surface area contributed by atoms with Gasteiger partial charge in [-0.05, 0) is 56.8 Å². The molecule has 0 fully saturated rings. The lowest BCUT2D eigenvalue weighted by Crippen LogP contribution is -2.34. The van der Waals surface area contributed by atoms with Gasteiger partial charge in [0.2, 0.25) is 10.0 Å². The summed E-state index contributed by atoms with van der Waals surface area (Å²) in [5.74, 6) is 0.757. The first kappa shape index (κ1) is 17.5. The second-order valence-corrected chi connectivity index (χ2v) is 7.64. The van der Waals surface area contributed by atoms with E-state index in [4.69, 9.17) is 0 Å². The van der Waals surface area contributed by atoms with Crippen LogP contribution in [-0.2, 0) is 16.6 Å². The van der Waals surface area contributed by atoms with Gasteiger partial charge in [-0.2, -0.15) is 11.8 Å². The summed E-state index contributed by atoms with van der Waals surface area (Å²) in [6, 6.07) is 3.70. The van der Waals surface area contributed by atoms with Crippen LogP contribution < -0.4 is 10.0 Å². The van der Waals surface area contributed by atoms with Crippen molar-refractivity contribution in [2.24, 2.45) is 0 Å². The van der Waals surface area contributed by atoms with Crippen molar-refractivity contribution in [3.05, 3.63) is 28.8 Å². The van der Waals surface area contributed by atoms with Crippen LogP contribution in [0.25, 0.3) is 0 Å². The molecule has 2 N–H and O–H groups in total. The van der Waals surface area contributed by atoms with Gasteiger partial charge in [-0.25, -0.2) is 13.1 Å². The van der Waals surface area contributed by atoms with Gasteiger partial charge in [0, 0.05) is 18.3 Å². The molecule has 0 radical (unpaired) electrons. The van der Waals surface area contributed by atoms with Crippen LogP contribution in [0.3, 0.4) is 0 Å². The molecule has 1 unspecified atom stereocenters. The Hall–Kier alpha value is -0.560. The Kier molecular flexibility index (Phi) is 6.51. The molecule has 0 aliphatic carbocycles. The summed E-state index contributed by atoms with van der Waals surface area (Å²) in [4.78, 5) is 0.385. The average molecular weight is 316 g/mol. The molecule has 1 aromatic rings. The summed E-state index contributed by atoms with van der Waals surface area (Å²) in [6.07, 6.45) is 1.97. The fourth-order valence-corrected chi connectivity index (χ4v) is 4.40. The molecule has 0 saturated heterocycles. The fourth-order valence-electron chi connectivity index (χ4n) is 2.10. The third kappa shape index (κ3) is 4.48. The Morgan fingerprint density at radius 3 is 2.50 bits per heavy atom. The minimum atomic E-state index is -3.47. The molecule has 0 saturated carbocycles. The number of aryl methyl sites for hydroxylation is 1. The minimum Gasteiger partial charge on any atom is -0.316 e. The molecular weight excluding hydrogens is 292 g/mol. The molecule has 0 heterocycles. The van der Waals surface area contributed by atoms with Crippen molar-refractivity contribution in [3.8, 4) is 0 Å². The molecule has 1 rings (SSSR count). The quantitative estimate of drug-likeness (QED) is 0.808. The largest absolute Gasteiger partial charge is 0.316 e. The van der Waals surface area contributed by atoms with Crippen LogP contribution in [0.2, 0.25) is 0 Å². The average Bonchev–Trinajstić information content (AvgIpc) is 2.33. The molecule has 0 spiro atoms. The van der Waals surface area contributed by atoms with Crippen molar-refractivity contribution >= 4 is 21.8 Å². The Labute approximate surface area is 126 Å². The SMILES string of the molecule is CNCc1cc(C)c(C)c(S(=O)(=O)NC(C)CSC)c1. The predicted molar refractivity (Wildman–Crippen MR) is 86.8 cm³/mol.